The van der Waals surface area contributed by atoms with Crippen molar-refractivity contribution in [2.45, 2.75) is 0 Å². The molecule has 1 aliphatic heterocycles. The minimum atomic E-state index is -0.107. The highest BCUT2D eigenvalue weighted by atomic mass is 35.5. The summed E-state index contributed by atoms with van der Waals surface area (Å²) in [5, 5.41) is 4.49. The van der Waals surface area contributed by atoms with Crippen LogP contribution in [0.25, 0.3) is 10.2 Å². The number of rotatable bonds is 8. The number of para-hydroxylation sites is 1. The lowest BCUT2D eigenvalue weighted by molar-refractivity contribution is -0.123. The zero-order valence-corrected chi connectivity index (χ0v) is 18.9. The van der Waals surface area contributed by atoms with Gasteiger partial charge in [0.2, 0.25) is 0 Å². The highest BCUT2D eigenvalue weighted by Crippen LogP contribution is 2.38. The SMILES string of the molecule is COc1c(Cl)ccc2sc(N3CCN(CCNC(=O)COc4ccccc4)CC3)nc12. The Morgan fingerprint density at radius 1 is 1.16 bits per heavy atom. The van der Waals surface area contributed by atoms with E-state index in [-0.39, 0.29) is 12.5 Å². The van der Waals surface area contributed by atoms with Crippen LogP contribution >= 0.6 is 22.9 Å². The molecule has 0 atom stereocenters. The summed E-state index contributed by atoms with van der Waals surface area (Å²) >= 11 is 7.88. The predicted octanol–water partition coefficient (Wildman–Crippen LogP) is 3.28. The maximum atomic E-state index is 12.0. The highest BCUT2D eigenvalue weighted by molar-refractivity contribution is 7.22. The number of piperazine rings is 1. The number of carbonyl (C=O) groups excluding carboxylic acids is 1. The summed E-state index contributed by atoms with van der Waals surface area (Å²) in [7, 11) is 1.62. The van der Waals surface area contributed by atoms with Gasteiger partial charge in [0.15, 0.2) is 17.5 Å². The van der Waals surface area contributed by atoms with Gasteiger partial charge in [0.05, 0.1) is 16.8 Å². The maximum absolute atomic E-state index is 12.0. The van der Waals surface area contributed by atoms with Gasteiger partial charge >= 0.3 is 0 Å². The van der Waals surface area contributed by atoms with E-state index in [1.54, 1.807) is 18.4 Å². The van der Waals surface area contributed by atoms with Crippen LogP contribution in [0.4, 0.5) is 5.13 Å². The fraction of sp³-hybridized carbons (Fsp3) is 0.364. The van der Waals surface area contributed by atoms with Gasteiger partial charge in [0, 0.05) is 39.3 Å². The van der Waals surface area contributed by atoms with Gasteiger partial charge in [-0.25, -0.2) is 4.98 Å². The number of anilines is 1. The molecule has 2 heterocycles. The van der Waals surface area contributed by atoms with Crippen molar-refractivity contribution in [2.24, 2.45) is 0 Å². The van der Waals surface area contributed by atoms with Crippen LogP contribution in [0, 0.1) is 0 Å². The Balaban J connectivity index is 1.21. The molecule has 1 amide bonds. The molecule has 31 heavy (non-hydrogen) atoms. The highest BCUT2D eigenvalue weighted by Gasteiger charge is 2.21. The van der Waals surface area contributed by atoms with Gasteiger partial charge in [-0.05, 0) is 24.3 Å². The Morgan fingerprint density at radius 3 is 2.68 bits per heavy atom. The molecule has 1 saturated heterocycles. The van der Waals surface area contributed by atoms with Crippen molar-refractivity contribution < 1.29 is 14.3 Å². The lowest BCUT2D eigenvalue weighted by Crippen LogP contribution is -2.48. The third kappa shape index (κ3) is 5.39. The summed E-state index contributed by atoms with van der Waals surface area (Å²) in [6, 6.07) is 13.2. The Kier molecular flexibility index (Phi) is 7.11. The van der Waals surface area contributed by atoms with E-state index in [4.69, 9.17) is 26.1 Å². The Labute approximate surface area is 190 Å². The number of amides is 1. The van der Waals surface area contributed by atoms with E-state index >= 15 is 0 Å². The van der Waals surface area contributed by atoms with Crippen LogP contribution in [0.15, 0.2) is 42.5 Å². The summed E-state index contributed by atoms with van der Waals surface area (Å²) in [6.07, 6.45) is 0. The van der Waals surface area contributed by atoms with Gasteiger partial charge in [0.1, 0.15) is 11.3 Å². The molecule has 3 aromatic rings. The number of fused-ring (bicyclic) bond motifs is 1. The van der Waals surface area contributed by atoms with Crippen molar-refractivity contribution in [3.63, 3.8) is 0 Å². The molecule has 164 valence electrons. The molecule has 1 N–H and O–H groups in total. The molecule has 0 spiro atoms. The molecule has 0 aliphatic carbocycles. The zero-order chi connectivity index (χ0) is 21.6. The normalized spacial score (nSPS) is 14.6. The third-order valence-electron chi connectivity index (χ3n) is 5.17. The number of methoxy groups -OCH3 is 1. The lowest BCUT2D eigenvalue weighted by Gasteiger charge is -2.34. The summed E-state index contributed by atoms with van der Waals surface area (Å²) in [4.78, 5) is 21.4. The minimum Gasteiger partial charge on any atom is -0.493 e. The zero-order valence-electron chi connectivity index (χ0n) is 17.3. The fourth-order valence-corrected chi connectivity index (χ4v) is 4.74. The number of hydrogen-bond donors (Lipinski definition) is 1. The fourth-order valence-electron chi connectivity index (χ4n) is 3.50. The summed E-state index contributed by atoms with van der Waals surface area (Å²) < 4.78 is 12.0. The van der Waals surface area contributed by atoms with Gasteiger partial charge in [-0.1, -0.05) is 41.1 Å². The van der Waals surface area contributed by atoms with E-state index in [1.807, 2.05) is 42.5 Å². The number of hydrogen-bond acceptors (Lipinski definition) is 7. The second-order valence-corrected chi connectivity index (χ2v) is 8.62. The van der Waals surface area contributed by atoms with Crippen molar-refractivity contribution in [1.29, 1.82) is 0 Å². The maximum Gasteiger partial charge on any atom is 0.257 e. The minimum absolute atomic E-state index is 0.0306. The summed E-state index contributed by atoms with van der Waals surface area (Å²) in [5.74, 6) is 1.22. The van der Waals surface area contributed by atoms with Crippen LogP contribution in [-0.2, 0) is 4.79 Å². The number of thiazole rings is 1. The van der Waals surface area contributed by atoms with Gasteiger partial charge in [0.25, 0.3) is 5.91 Å². The molecule has 0 radical (unpaired) electrons. The average molecular weight is 461 g/mol. The van der Waals surface area contributed by atoms with E-state index in [0.29, 0.717) is 23.1 Å². The van der Waals surface area contributed by atoms with Crippen LogP contribution < -0.4 is 19.7 Å². The molecule has 1 fully saturated rings. The molecule has 0 saturated carbocycles. The number of carbonyl (C=O) groups is 1. The molecule has 7 nitrogen and oxygen atoms in total. The first-order valence-corrected chi connectivity index (χ1v) is 11.4. The molecule has 0 bridgehead atoms. The van der Waals surface area contributed by atoms with Gasteiger partial charge in [-0.2, -0.15) is 0 Å². The Bertz CT molecular complexity index is 1020. The molecule has 1 aliphatic rings. The largest absolute Gasteiger partial charge is 0.493 e. The molecule has 4 rings (SSSR count). The molecular weight excluding hydrogens is 436 g/mol. The smallest absolute Gasteiger partial charge is 0.257 e. The molecule has 0 unspecified atom stereocenters. The Morgan fingerprint density at radius 2 is 1.94 bits per heavy atom. The molecule has 1 aromatic heterocycles. The summed E-state index contributed by atoms with van der Waals surface area (Å²) in [6.45, 7) is 5.07. The van der Waals surface area contributed by atoms with E-state index in [2.05, 4.69) is 15.1 Å². The second kappa shape index (κ2) is 10.2. The van der Waals surface area contributed by atoms with Crippen LogP contribution in [0.3, 0.4) is 0 Å². The van der Waals surface area contributed by atoms with Crippen LogP contribution in [0.5, 0.6) is 11.5 Å². The van der Waals surface area contributed by atoms with Crippen LogP contribution in [0.1, 0.15) is 0 Å². The number of nitrogens with one attached hydrogen (secondary N) is 1. The first-order chi connectivity index (χ1) is 15.1. The summed E-state index contributed by atoms with van der Waals surface area (Å²) in [5.41, 5.74) is 0.817. The number of nitrogens with zero attached hydrogens (tertiary/aromatic N) is 3. The molecular formula is C22H25ClN4O3S. The van der Waals surface area contributed by atoms with E-state index in [1.165, 1.54) is 0 Å². The van der Waals surface area contributed by atoms with E-state index in [0.717, 1.165) is 48.1 Å². The molecule has 2 aromatic carbocycles. The second-order valence-electron chi connectivity index (χ2n) is 7.20. The standard InChI is InChI=1S/C22H25ClN4O3S/c1-29-21-17(23)7-8-18-20(21)25-22(31-18)27-13-11-26(12-14-27)10-9-24-19(28)15-30-16-5-3-2-4-6-16/h2-8H,9-15H2,1H3,(H,24,28). The lowest BCUT2D eigenvalue weighted by atomic mass is 10.3. The van der Waals surface area contributed by atoms with Gasteiger partial charge < -0.3 is 19.7 Å². The van der Waals surface area contributed by atoms with Crippen molar-refractivity contribution in [3.05, 3.63) is 47.5 Å². The van der Waals surface area contributed by atoms with Crippen LogP contribution in [-0.4, -0.2) is 68.8 Å². The monoisotopic (exact) mass is 460 g/mol. The third-order valence-corrected chi connectivity index (χ3v) is 6.54. The number of aromatic nitrogens is 1. The van der Waals surface area contributed by atoms with Crippen LogP contribution in [0.2, 0.25) is 5.02 Å². The Hall–Kier alpha value is -2.55. The number of ether oxygens (including phenoxy) is 2. The van der Waals surface area contributed by atoms with Gasteiger partial charge in [-0.15, -0.1) is 0 Å². The number of benzene rings is 2. The topological polar surface area (TPSA) is 66.9 Å². The first-order valence-electron chi connectivity index (χ1n) is 10.2. The average Bonchev–Trinajstić information content (AvgIpc) is 3.23. The van der Waals surface area contributed by atoms with Crippen molar-refractivity contribution in [2.75, 3.05) is 57.9 Å². The van der Waals surface area contributed by atoms with Crippen molar-refractivity contribution >= 4 is 44.2 Å². The van der Waals surface area contributed by atoms with E-state index < -0.39 is 0 Å². The quantitative estimate of drug-likeness (QED) is 0.556. The van der Waals surface area contributed by atoms with Crippen molar-refractivity contribution in [3.8, 4) is 11.5 Å². The molecule has 9 heteroatoms. The first kappa shape index (κ1) is 21.7. The van der Waals surface area contributed by atoms with Crippen molar-refractivity contribution in [1.82, 2.24) is 15.2 Å². The van der Waals surface area contributed by atoms with Gasteiger partial charge in [-0.3, -0.25) is 9.69 Å². The number of halogens is 1. The van der Waals surface area contributed by atoms with E-state index in [9.17, 15) is 4.79 Å². The predicted molar refractivity (Wildman–Crippen MR) is 125 cm³/mol.